The number of rotatable bonds is 3. The number of aromatic hydroxyl groups is 1. The average molecular weight is 189 g/mol. The van der Waals surface area contributed by atoms with E-state index in [0.717, 1.165) is 17.3 Å². The number of aryl methyl sites for hydroxylation is 1. The topological polar surface area (TPSA) is 36.0 Å². The molecule has 2 aromatic rings. The maximum Gasteiger partial charge on any atom is 0.116 e. The molecule has 0 saturated heterocycles. The van der Waals surface area contributed by atoms with E-state index in [9.17, 15) is 5.11 Å². The lowest BCUT2D eigenvalue weighted by Crippen LogP contribution is -1.81. The van der Waals surface area contributed by atoms with E-state index < -0.39 is 0 Å². The van der Waals surface area contributed by atoms with E-state index in [1.54, 1.807) is 6.07 Å². The minimum Gasteiger partial charge on any atom is -0.508 e. The first-order chi connectivity index (χ1) is 6.81. The Kier molecular flexibility index (Phi) is 2.44. The molecule has 0 aliphatic rings. The van der Waals surface area contributed by atoms with Crippen molar-refractivity contribution in [2.45, 2.75) is 26.2 Å². The predicted octanol–water partition coefficient (Wildman–Crippen LogP) is 3.22. The van der Waals surface area contributed by atoms with Gasteiger partial charge in [-0.3, -0.25) is 0 Å². The second kappa shape index (κ2) is 3.74. The maximum absolute atomic E-state index is 9.38. The van der Waals surface area contributed by atoms with Crippen molar-refractivity contribution in [2.24, 2.45) is 0 Å². The Labute approximate surface area is 83.6 Å². The molecule has 2 nitrogen and oxygen atoms in total. The normalized spacial score (nSPS) is 10.9. The third-order valence-corrected chi connectivity index (χ3v) is 2.55. The summed E-state index contributed by atoms with van der Waals surface area (Å²) in [5.41, 5.74) is 2.41. The Morgan fingerprint density at radius 3 is 3.00 bits per heavy atom. The van der Waals surface area contributed by atoms with Crippen LogP contribution in [0.4, 0.5) is 0 Å². The minimum absolute atomic E-state index is 0.342. The van der Waals surface area contributed by atoms with E-state index in [2.05, 4.69) is 11.9 Å². The fourth-order valence-corrected chi connectivity index (χ4v) is 1.74. The van der Waals surface area contributed by atoms with Crippen LogP contribution < -0.4 is 0 Å². The number of hydrogen-bond donors (Lipinski definition) is 2. The summed E-state index contributed by atoms with van der Waals surface area (Å²) in [5, 5.41) is 10.5. The van der Waals surface area contributed by atoms with Gasteiger partial charge in [-0.25, -0.2) is 0 Å². The van der Waals surface area contributed by atoms with E-state index in [1.165, 1.54) is 18.4 Å². The second-order valence-corrected chi connectivity index (χ2v) is 3.65. The number of hydrogen-bond acceptors (Lipinski definition) is 1. The van der Waals surface area contributed by atoms with Gasteiger partial charge in [0.25, 0.3) is 0 Å². The van der Waals surface area contributed by atoms with Crippen molar-refractivity contribution in [2.75, 3.05) is 0 Å². The molecule has 0 fully saturated rings. The SMILES string of the molecule is CCCCc1c[nH]c2ccc(O)cc12. The summed E-state index contributed by atoms with van der Waals surface area (Å²) in [6, 6.07) is 5.46. The molecule has 0 aliphatic carbocycles. The first-order valence-electron chi connectivity index (χ1n) is 5.10. The Morgan fingerprint density at radius 2 is 2.21 bits per heavy atom. The van der Waals surface area contributed by atoms with Crippen LogP contribution in [-0.2, 0) is 6.42 Å². The Morgan fingerprint density at radius 1 is 1.36 bits per heavy atom. The van der Waals surface area contributed by atoms with Crippen LogP contribution in [0.15, 0.2) is 24.4 Å². The highest BCUT2D eigenvalue weighted by Gasteiger charge is 2.03. The molecule has 0 saturated carbocycles. The highest BCUT2D eigenvalue weighted by atomic mass is 16.3. The lowest BCUT2D eigenvalue weighted by Gasteiger charge is -1.97. The van der Waals surface area contributed by atoms with Gasteiger partial charge < -0.3 is 10.1 Å². The molecule has 2 N–H and O–H groups in total. The zero-order valence-electron chi connectivity index (χ0n) is 8.38. The van der Waals surface area contributed by atoms with Crippen molar-refractivity contribution in [3.63, 3.8) is 0 Å². The van der Waals surface area contributed by atoms with E-state index in [1.807, 2.05) is 18.3 Å². The average Bonchev–Trinajstić information content (AvgIpc) is 2.57. The zero-order valence-corrected chi connectivity index (χ0v) is 8.38. The standard InChI is InChI=1S/C12H15NO/c1-2-3-4-9-8-13-12-6-5-10(14)7-11(9)12/h5-8,13-14H,2-4H2,1H3. The zero-order chi connectivity index (χ0) is 9.97. The van der Waals surface area contributed by atoms with Gasteiger partial charge in [0, 0.05) is 17.1 Å². The van der Waals surface area contributed by atoms with Crippen molar-refractivity contribution in [1.82, 2.24) is 4.98 Å². The lowest BCUT2D eigenvalue weighted by atomic mass is 10.1. The van der Waals surface area contributed by atoms with Gasteiger partial charge in [0.05, 0.1) is 0 Å². The van der Waals surface area contributed by atoms with E-state index in [4.69, 9.17) is 0 Å². The van der Waals surface area contributed by atoms with E-state index >= 15 is 0 Å². The third kappa shape index (κ3) is 1.60. The number of aromatic amines is 1. The monoisotopic (exact) mass is 189 g/mol. The van der Waals surface area contributed by atoms with Crippen LogP contribution in [0.5, 0.6) is 5.75 Å². The quantitative estimate of drug-likeness (QED) is 0.764. The van der Waals surface area contributed by atoms with Crippen LogP contribution in [0.1, 0.15) is 25.3 Å². The molecule has 0 spiro atoms. The van der Waals surface area contributed by atoms with Crippen molar-refractivity contribution in [3.8, 4) is 5.75 Å². The summed E-state index contributed by atoms with van der Waals surface area (Å²) in [6.07, 6.45) is 5.52. The highest BCUT2D eigenvalue weighted by Crippen LogP contribution is 2.23. The van der Waals surface area contributed by atoms with Gasteiger partial charge in [0.1, 0.15) is 5.75 Å². The van der Waals surface area contributed by atoms with Gasteiger partial charge in [-0.1, -0.05) is 13.3 Å². The Balaban J connectivity index is 2.40. The molecule has 1 heterocycles. The summed E-state index contributed by atoms with van der Waals surface area (Å²) in [6.45, 7) is 2.19. The smallest absolute Gasteiger partial charge is 0.116 e. The van der Waals surface area contributed by atoms with Gasteiger partial charge in [-0.05, 0) is 36.6 Å². The number of fused-ring (bicyclic) bond motifs is 1. The van der Waals surface area contributed by atoms with Gasteiger partial charge in [0.15, 0.2) is 0 Å². The summed E-state index contributed by atoms with van der Waals surface area (Å²) in [4.78, 5) is 3.21. The van der Waals surface area contributed by atoms with Gasteiger partial charge in [0.2, 0.25) is 0 Å². The third-order valence-electron chi connectivity index (χ3n) is 2.55. The maximum atomic E-state index is 9.38. The molecule has 0 atom stereocenters. The van der Waals surface area contributed by atoms with Crippen LogP contribution in [0.2, 0.25) is 0 Å². The number of aromatic nitrogens is 1. The molecule has 1 aromatic carbocycles. The number of phenols is 1. The molecule has 1 aromatic heterocycles. The van der Waals surface area contributed by atoms with Gasteiger partial charge in [-0.15, -0.1) is 0 Å². The number of nitrogens with one attached hydrogen (secondary N) is 1. The Bertz CT molecular complexity index is 431. The first-order valence-corrected chi connectivity index (χ1v) is 5.10. The summed E-state index contributed by atoms with van der Waals surface area (Å²) in [7, 11) is 0. The van der Waals surface area contributed by atoms with Crippen LogP contribution in [-0.4, -0.2) is 10.1 Å². The molecule has 0 aliphatic heterocycles. The van der Waals surface area contributed by atoms with Crippen LogP contribution >= 0.6 is 0 Å². The molecular formula is C12H15NO. The predicted molar refractivity (Wildman–Crippen MR) is 58.6 cm³/mol. The Hall–Kier alpha value is -1.44. The summed E-state index contributed by atoms with van der Waals surface area (Å²) >= 11 is 0. The van der Waals surface area contributed by atoms with E-state index in [-0.39, 0.29) is 0 Å². The first kappa shape index (κ1) is 9.13. The van der Waals surface area contributed by atoms with Gasteiger partial charge >= 0.3 is 0 Å². The van der Waals surface area contributed by atoms with Crippen molar-refractivity contribution in [1.29, 1.82) is 0 Å². The second-order valence-electron chi connectivity index (χ2n) is 3.65. The molecule has 0 radical (unpaired) electrons. The summed E-state index contributed by atoms with van der Waals surface area (Å²) < 4.78 is 0. The van der Waals surface area contributed by atoms with Crippen LogP contribution in [0.3, 0.4) is 0 Å². The number of H-pyrrole nitrogens is 1. The van der Waals surface area contributed by atoms with Crippen molar-refractivity contribution in [3.05, 3.63) is 30.0 Å². The fraction of sp³-hybridized carbons (Fsp3) is 0.333. The van der Waals surface area contributed by atoms with Gasteiger partial charge in [-0.2, -0.15) is 0 Å². The van der Waals surface area contributed by atoms with Crippen molar-refractivity contribution < 1.29 is 5.11 Å². The van der Waals surface area contributed by atoms with Crippen molar-refractivity contribution >= 4 is 10.9 Å². The largest absolute Gasteiger partial charge is 0.508 e. The minimum atomic E-state index is 0.342. The molecule has 2 rings (SSSR count). The van der Waals surface area contributed by atoms with E-state index in [0.29, 0.717) is 5.75 Å². The molecule has 0 unspecified atom stereocenters. The number of phenolic OH excluding ortho intramolecular Hbond substituents is 1. The van der Waals surface area contributed by atoms with Crippen LogP contribution in [0.25, 0.3) is 10.9 Å². The molecule has 14 heavy (non-hydrogen) atoms. The molecule has 0 amide bonds. The number of benzene rings is 1. The summed E-state index contributed by atoms with van der Waals surface area (Å²) in [5.74, 6) is 0.342. The molecular weight excluding hydrogens is 174 g/mol. The van der Waals surface area contributed by atoms with Crippen LogP contribution in [0, 0.1) is 0 Å². The highest BCUT2D eigenvalue weighted by molar-refractivity contribution is 5.84. The molecule has 74 valence electrons. The lowest BCUT2D eigenvalue weighted by molar-refractivity contribution is 0.476. The fourth-order valence-electron chi connectivity index (χ4n) is 1.74. The molecule has 2 heteroatoms. The molecule has 0 bridgehead atoms. The number of unbranched alkanes of at least 4 members (excludes halogenated alkanes) is 1.